The molecule has 2 aromatic rings. The van der Waals surface area contributed by atoms with Crippen molar-refractivity contribution in [1.29, 1.82) is 0 Å². The molecule has 1 heterocycles. The van der Waals surface area contributed by atoms with Crippen molar-refractivity contribution in [3.8, 4) is 11.5 Å². The number of ether oxygens (including phenoxy) is 2. The number of hydrogen-bond donors (Lipinski definition) is 1. The fraction of sp³-hybridized carbons (Fsp3) is 0.235. The first-order valence-electron chi connectivity index (χ1n) is 7.44. The lowest BCUT2D eigenvalue weighted by atomic mass is 10.1. The molecule has 0 aromatic heterocycles. The van der Waals surface area contributed by atoms with Gasteiger partial charge < -0.3 is 14.6 Å². The number of aliphatic carboxylic acids is 1. The highest BCUT2D eigenvalue weighted by Crippen LogP contribution is 2.58. The summed E-state index contributed by atoms with van der Waals surface area (Å²) in [5, 5.41) is 19.8. The van der Waals surface area contributed by atoms with Crippen LogP contribution >= 0.6 is 0 Å². The second-order valence-electron chi connectivity index (χ2n) is 5.89. The van der Waals surface area contributed by atoms with Gasteiger partial charge in [-0.3, -0.25) is 14.9 Å². The molecule has 1 fully saturated rings. The Bertz CT molecular complexity index is 849. The number of carbonyl (C=O) groups is 1. The highest BCUT2D eigenvalue weighted by Gasteiger charge is 2.63. The Kier molecular flexibility index (Phi) is 3.16. The average Bonchev–Trinajstić information content (AvgIpc) is 3.16. The second kappa shape index (κ2) is 5.23. The molecule has 122 valence electrons. The Balaban J connectivity index is 1.45. The molecule has 0 spiro atoms. The number of non-ortho nitro benzene ring substituents is 1. The Hall–Kier alpha value is -3.09. The maximum atomic E-state index is 11.0. The molecule has 3 atom stereocenters. The summed E-state index contributed by atoms with van der Waals surface area (Å²) in [5.74, 6) is -0.119. The first-order chi connectivity index (χ1) is 11.5. The summed E-state index contributed by atoms with van der Waals surface area (Å²) in [6, 6.07) is 11.6. The third-order valence-corrected chi connectivity index (χ3v) is 4.37. The van der Waals surface area contributed by atoms with Crippen LogP contribution in [-0.4, -0.2) is 22.1 Å². The molecule has 1 aliphatic heterocycles. The summed E-state index contributed by atoms with van der Waals surface area (Å²) in [6.45, 7) is 0.199. The number of hydrogen-bond acceptors (Lipinski definition) is 5. The zero-order valence-electron chi connectivity index (χ0n) is 12.4. The van der Waals surface area contributed by atoms with Crippen LogP contribution < -0.4 is 9.47 Å². The van der Waals surface area contributed by atoms with E-state index in [4.69, 9.17) is 14.6 Å². The molecule has 1 aliphatic carbocycles. The van der Waals surface area contributed by atoms with Crippen LogP contribution in [0.2, 0.25) is 0 Å². The van der Waals surface area contributed by atoms with Crippen LogP contribution in [0.4, 0.5) is 5.69 Å². The first kappa shape index (κ1) is 14.5. The molecule has 2 aromatic carbocycles. The van der Waals surface area contributed by atoms with Crippen molar-refractivity contribution in [3.05, 3.63) is 63.7 Å². The van der Waals surface area contributed by atoms with Gasteiger partial charge in [0.1, 0.15) is 30.1 Å². The normalized spacial score (nSPS) is 22.9. The third-order valence-electron chi connectivity index (χ3n) is 4.37. The van der Waals surface area contributed by atoms with Gasteiger partial charge in [0.05, 0.1) is 4.92 Å². The molecule has 1 N–H and O–H groups in total. The monoisotopic (exact) mass is 327 g/mol. The van der Waals surface area contributed by atoms with Crippen molar-refractivity contribution in [2.75, 3.05) is 0 Å². The highest BCUT2D eigenvalue weighted by molar-refractivity contribution is 5.79. The third kappa shape index (κ3) is 2.34. The molecule has 0 bridgehead atoms. The first-order valence-corrected chi connectivity index (χ1v) is 7.44. The Morgan fingerprint density at radius 2 is 2.12 bits per heavy atom. The molecule has 4 rings (SSSR count). The molecular formula is C17H13NO6. The molecule has 24 heavy (non-hydrogen) atoms. The van der Waals surface area contributed by atoms with Gasteiger partial charge in [-0.15, -0.1) is 0 Å². The maximum absolute atomic E-state index is 11.0. The van der Waals surface area contributed by atoms with Gasteiger partial charge in [-0.25, -0.2) is 0 Å². The topological polar surface area (TPSA) is 98.9 Å². The van der Waals surface area contributed by atoms with Gasteiger partial charge in [0, 0.05) is 29.7 Å². The summed E-state index contributed by atoms with van der Waals surface area (Å²) < 4.78 is 11.3. The number of nitro groups is 1. The van der Waals surface area contributed by atoms with Crippen molar-refractivity contribution in [2.45, 2.75) is 18.6 Å². The quantitative estimate of drug-likeness (QED) is 0.669. The number of rotatable bonds is 5. The minimum Gasteiger partial charge on any atom is -0.489 e. The minimum absolute atomic E-state index is 0.0215. The van der Waals surface area contributed by atoms with E-state index in [1.807, 2.05) is 6.07 Å². The largest absolute Gasteiger partial charge is 0.489 e. The number of nitrogens with zero attached hydrogens (tertiary/aromatic N) is 1. The van der Waals surface area contributed by atoms with E-state index in [9.17, 15) is 14.9 Å². The Morgan fingerprint density at radius 1 is 1.29 bits per heavy atom. The second-order valence-corrected chi connectivity index (χ2v) is 5.89. The average molecular weight is 327 g/mol. The molecule has 0 radical (unpaired) electrons. The zero-order valence-corrected chi connectivity index (χ0v) is 12.4. The van der Waals surface area contributed by atoms with Gasteiger partial charge in [0.25, 0.3) is 5.69 Å². The Morgan fingerprint density at radius 3 is 2.88 bits per heavy atom. The molecule has 0 amide bonds. The fourth-order valence-electron chi connectivity index (χ4n) is 3.15. The number of nitro benzene ring substituents is 1. The van der Waals surface area contributed by atoms with Crippen LogP contribution in [-0.2, 0) is 11.4 Å². The maximum Gasteiger partial charge on any atom is 0.311 e. The fourth-order valence-corrected chi connectivity index (χ4v) is 3.15. The van der Waals surface area contributed by atoms with Crippen LogP contribution in [0, 0.1) is 16.0 Å². The standard InChI is InChI=1S/C17H13NO6/c19-17(20)15-14-12-5-4-11(7-13(12)24-16(14)15)23-8-9-2-1-3-10(6-9)18(21)22/h1-7,14-16H,8H2,(H,19,20)/t14-,15-,16-/m1/s1. The SMILES string of the molecule is O=C(O)[C@H]1[C@@H]2Oc3cc(OCc4cccc([N+](=O)[O-])c4)ccc3[C@@H]21. The zero-order chi connectivity index (χ0) is 16.8. The number of carboxylic acids is 1. The number of benzene rings is 2. The van der Waals surface area contributed by atoms with Crippen LogP contribution in [0.15, 0.2) is 42.5 Å². The van der Waals surface area contributed by atoms with Gasteiger partial charge in [-0.05, 0) is 11.6 Å². The summed E-state index contributed by atoms with van der Waals surface area (Å²) in [5.41, 5.74) is 1.61. The van der Waals surface area contributed by atoms with Gasteiger partial charge in [-0.2, -0.15) is 0 Å². The van der Waals surface area contributed by atoms with Crippen molar-refractivity contribution in [1.82, 2.24) is 0 Å². The van der Waals surface area contributed by atoms with Gasteiger partial charge in [-0.1, -0.05) is 18.2 Å². The van der Waals surface area contributed by atoms with E-state index < -0.39 is 16.8 Å². The molecule has 2 aliphatic rings. The summed E-state index contributed by atoms with van der Waals surface area (Å²) in [7, 11) is 0. The lowest BCUT2D eigenvalue weighted by Gasteiger charge is -2.10. The summed E-state index contributed by atoms with van der Waals surface area (Å²) in [4.78, 5) is 21.4. The summed E-state index contributed by atoms with van der Waals surface area (Å²) in [6.07, 6.45) is -0.274. The van der Waals surface area contributed by atoms with Crippen molar-refractivity contribution < 1.29 is 24.3 Å². The van der Waals surface area contributed by atoms with Crippen molar-refractivity contribution in [3.63, 3.8) is 0 Å². The smallest absolute Gasteiger partial charge is 0.311 e. The van der Waals surface area contributed by atoms with Crippen LogP contribution in [0.25, 0.3) is 0 Å². The van der Waals surface area contributed by atoms with Crippen LogP contribution in [0.5, 0.6) is 11.5 Å². The van der Waals surface area contributed by atoms with Crippen molar-refractivity contribution >= 4 is 11.7 Å². The minimum atomic E-state index is -0.832. The molecule has 0 saturated heterocycles. The van der Waals surface area contributed by atoms with Gasteiger partial charge in [0.15, 0.2) is 0 Å². The summed E-state index contributed by atoms with van der Waals surface area (Å²) >= 11 is 0. The van der Waals surface area contributed by atoms with Gasteiger partial charge in [0.2, 0.25) is 0 Å². The van der Waals surface area contributed by atoms with E-state index in [0.717, 1.165) is 5.56 Å². The predicted octanol–water partition coefficient (Wildman–Crippen LogP) is 2.73. The van der Waals surface area contributed by atoms with E-state index >= 15 is 0 Å². The number of carboxylic acid groups (broad SMARTS) is 1. The van der Waals surface area contributed by atoms with Crippen molar-refractivity contribution in [2.24, 2.45) is 5.92 Å². The van der Waals surface area contributed by atoms with E-state index in [0.29, 0.717) is 17.1 Å². The molecule has 0 unspecified atom stereocenters. The van der Waals surface area contributed by atoms with E-state index in [1.165, 1.54) is 12.1 Å². The van der Waals surface area contributed by atoms with Crippen LogP contribution in [0.1, 0.15) is 17.0 Å². The highest BCUT2D eigenvalue weighted by atomic mass is 16.6. The van der Waals surface area contributed by atoms with E-state index in [1.54, 1.807) is 24.3 Å². The number of fused-ring (bicyclic) bond motifs is 3. The van der Waals surface area contributed by atoms with Gasteiger partial charge >= 0.3 is 5.97 Å². The molecule has 1 saturated carbocycles. The molecular weight excluding hydrogens is 314 g/mol. The van der Waals surface area contributed by atoms with E-state index in [2.05, 4.69) is 0 Å². The molecule has 7 nitrogen and oxygen atoms in total. The van der Waals surface area contributed by atoms with E-state index in [-0.39, 0.29) is 24.3 Å². The Labute approximate surface area is 136 Å². The predicted molar refractivity (Wildman–Crippen MR) is 82.2 cm³/mol. The van der Waals surface area contributed by atoms with Crippen LogP contribution in [0.3, 0.4) is 0 Å². The lowest BCUT2D eigenvalue weighted by Crippen LogP contribution is -2.08. The lowest BCUT2D eigenvalue weighted by molar-refractivity contribution is -0.384. The molecule has 7 heteroatoms.